The number of anilines is 1. The van der Waals surface area contributed by atoms with Crippen molar-refractivity contribution in [3.05, 3.63) is 30.0 Å². The van der Waals surface area contributed by atoms with Crippen molar-refractivity contribution >= 4 is 16.6 Å². The monoisotopic (exact) mass is 385 g/mol. The molecule has 3 rings (SSSR count). The third kappa shape index (κ3) is 4.94. The van der Waals surface area contributed by atoms with E-state index in [2.05, 4.69) is 10.2 Å². The second-order valence-electron chi connectivity index (χ2n) is 7.28. The molecule has 1 aliphatic rings. The molecular formula is C19H26F3N3O2. The predicted molar refractivity (Wildman–Crippen MR) is 98.9 cm³/mol. The summed E-state index contributed by atoms with van der Waals surface area (Å²) in [6, 6.07) is 7.43. The standard InChI is InChI=1S/C19H26F3N3O2/c1-13-9-16-17(3-2-4-18(16)25(13)12-19(20,21)22)23-14-5-7-24(8-6-14)10-15(27)11-26/h2-4,9,14-15,23,26-27H,5-8,10-12H2,1H3. The van der Waals surface area contributed by atoms with E-state index >= 15 is 0 Å². The van der Waals surface area contributed by atoms with E-state index in [4.69, 9.17) is 5.11 Å². The molecule has 0 aliphatic carbocycles. The zero-order valence-electron chi connectivity index (χ0n) is 15.3. The fourth-order valence-corrected chi connectivity index (χ4v) is 3.77. The summed E-state index contributed by atoms with van der Waals surface area (Å²) in [4.78, 5) is 2.11. The smallest absolute Gasteiger partial charge is 0.394 e. The van der Waals surface area contributed by atoms with Crippen LogP contribution in [0.5, 0.6) is 0 Å². The second kappa shape index (κ2) is 8.08. The number of piperidine rings is 1. The van der Waals surface area contributed by atoms with Gasteiger partial charge in [0.15, 0.2) is 0 Å². The second-order valence-corrected chi connectivity index (χ2v) is 7.28. The Hall–Kier alpha value is -1.77. The molecule has 0 bridgehead atoms. The van der Waals surface area contributed by atoms with E-state index in [9.17, 15) is 18.3 Å². The SMILES string of the molecule is Cc1cc2c(NC3CCN(CC(O)CO)CC3)cccc2n1CC(F)(F)F. The van der Waals surface area contributed by atoms with Gasteiger partial charge in [0, 0.05) is 42.4 Å². The van der Waals surface area contributed by atoms with Gasteiger partial charge < -0.3 is 25.0 Å². The maximum absolute atomic E-state index is 12.9. The minimum atomic E-state index is -4.26. The molecule has 1 atom stereocenters. The van der Waals surface area contributed by atoms with Crippen LogP contribution in [0.4, 0.5) is 18.9 Å². The molecule has 150 valence electrons. The van der Waals surface area contributed by atoms with Crippen LogP contribution in [0.15, 0.2) is 24.3 Å². The van der Waals surface area contributed by atoms with Gasteiger partial charge >= 0.3 is 6.18 Å². The Morgan fingerprint density at radius 1 is 1.26 bits per heavy atom. The first kappa shape index (κ1) is 20.0. The van der Waals surface area contributed by atoms with Crippen molar-refractivity contribution in [3.8, 4) is 0 Å². The van der Waals surface area contributed by atoms with Gasteiger partial charge in [-0.1, -0.05) is 6.07 Å². The van der Waals surface area contributed by atoms with Gasteiger partial charge in [0.1, 0.15) is 6.54 Å². The van der Waals surface area contributed by atoms with Crippen LogP contribution in [0.1, 0.15) is 18.5 Å². The van der Waals surface area contributed by atoms with Crippen molar-refractivity contribution in [3.63, 3.8) is 0 Å². The third-order valence-electron chi connectivity index (χ3n) is 5.12. The summed E-state index contributed by atoms with van der Waals surface area (Å²) in [5, 5.41) is 22.8. The third-order valence-corrected chi connectivity index (χ3v) is 5.12. The van der Waals surface area contributed by atoms with E-state index in [-0.39, 0.29) is 12.6 Å². The summed E-state index contributed by atoms with van der Waals surface area (Å²) < 4.78 is 39.9. The van der Waals surface area contributed by atoms with Crippen molar-refractivity contribution in [1.82, 2.24) is 9.47 Å². The number of halogens is 3. The van der Waals surface area contributed by atoms with Crippen molar-refractivity contribution in [1.29, 1.82) is 0 Å². The lowest BCUT2D eigenvalue weighted by Crippen LogP contribution is -2.43. The van der Waals surface area contributed by atoms with E-state index in [0.29, 0.717) is 17.8 Å². The summed E-state index contributed by atoms with van der Waals surface area (Å²) in [5.41, 5.74) is 2.02. The number of aliphatic hydroxyl groups excluding tert-OH is 2. The lowest BCUT2D eigenvalue weighted by atomic mass is 10.0. The number of aryl methyl sites for hydroxylation is 1. The van der Waals surface area contributed by atoms with E-state index in [1.807, 2.05) is 6.07 Å². The number of likely N-dealkylation sites (tertiary alicyclic amines) is 1. The predicted octanol–water partition coefficient (Wildman–Crippen LogP) is 2.74. The number of hydrogen-bond donors (Lipinski definition) is 3. The highest BCUT2D eigenvalue weighted by molar-refractivity contribution is 5.93. The molecule has 2 heterocycles. The fraction of sp³-hybridized carbons (Fsp3) is 0.579. The van der Waals surface area contributed by atoms with E-state index in [1.54, 1.807) is 25.1 Å². The lowest BCUT2D eigenvalue weighted by Gasteiger charge is -2.33. The fourth-order valence-electron chi connectivity index (χ4n) is 3.77. The maximum atomic E-state index is 12.9. The number of hydrogen-bond acceptors (Lipinski definition) is 4. The number of β-amino-alcohol motifs (C(OH)–C–C–N with tert-alkyl or cyclic N) is 1. The van der Waals surface area contributed by atoms with Gasteiger partial charge in [-0.15, -0.1) is 0 Å². The Kier molecular flexibility index (Phi) is 5.98. The largest absolute Gasteiger partial charge is 0.406 e. The molecule has 0 spiro atoms. The zero-order valence-corrected chi connectivity index (χ0v) is 15.3. The first-order valence-electron chi connectivity index (χ1n) is 9.20. The molecule has 2 aromatic rings. The summed E-state index contributed by atoms with van der Waals surface area (Å²) >= 11 is 0. The first-order chi connectivity index (χ1) is 12.8. The van der Waals surface area contributed by atoms with Crippen molar-refractivity contribution < 1.29 is 23.4 Å². The molecule has 8 heteroatoms. The van der Waals surface area contributed by atoms with Crippen LogP contribution in [0.25, 0.3) is 10.9 Å². The van der Waals surface area contributed by atoms with Crippen molar-refractivity contribution in [2.24, 2.45) is 0 Å². The number of alkyl halides is 3. The van der Waals surface area contributed by atoms with Gasteiger partial charge in [-0.25, -0.2) is 0 Å². The molecule has 1 saturated heterocycles. The van der Waals surface area contributed by atoms with E-state index in [0.717, 1.165) is 37.0 Å². The molecule has 5 nitrogen and oxygen atoms in total. The normalized spacial score (nSPS) is 18.1. The summed E-state index contributed by atoms with van der Waals surface area (Å²) in [7, 11) is 0. The Balaban J connectivity index is 1.70. The Bertz CT molecular complexity index is 767. The number of rotatable bonds is 6. The Labute approximate surface area is 156 Å². The summed E-state index contributed by atoms with van der Waals surface area (Å²) in [6.07, 6.45) is -3.24. The van der Waals surface area contributed by atoms with Crippen molar-refractivity contribution in [2.45, 2.75) is 44.6 Å². The Morgan fingerprint density at radius 3 is 2.59 bits per heavy atom. The van der Waals surface area contributed by atoms with Crippen LogP contribution in [0.2, 0.25) is 0 Å². The van der Waals surface area contributed by atoms with E-state index < -0.39 is 18.8 Å². The van der Waals surface area contributed by atoms with Crippen LogP contribution in [-0.2, 0) is 6.54 Å². The Morgan fingerprint density at radius 2 is 1.96 bits per heavy atom. The molecule has 27 heavy (non-hydrogen) atoms. The number of fused-ring (bicyclic) bond motifs is 1. The van der Waals surface area contributed by atoms with Gasteiger partial charge in [-0.2, -0.15) is 13.2 Å². The van der Waals surface area contributed by atoms with Gasteiger partial charge in [0.25, 0.3) is 0 Å². The number of benzene rings is 1. The number of nitrogens with one attached hydrogen (secondary N) is 1. The number of nitrogens with zero attached hydrogens (tertiary/aromatic N) is 2. The van der Waals surface area contributed by atoms with Gasteiger partial charge in [-0.3, -0.25) is 0 Å². The molecular weight excluding hydrogens is 359 g/mol. The number of aromatic nitrogens is 1. The molecule has 0 radical (unpaired) electrons. The van der Waals surface area contributed by atoms with Crippen LogP contribution in [0, 0.1) is 6.92 Å². The maximum Gasteiger partial charge on any atom is 0.406 e. The molecule has 1 aromatic carbocycles. The van der Waals surface area contributed by atoms with Gasteiger partial charge in [-0.05, 0) is 38.0 Å². The van der Waals surface area contributed by atoms with Crippen LogP contribution >= 0.6 is 0 Å². The highest BCUT2D eigenvalue weighted by Gasteiger charge is 2.29. The average Bonchev–Trinajstić information content (AvgIpc) is 2.92. The zero-order chi connectivity index (χ0) is 19.6. The highest BCUT2D eigenvalue weighted by Crippen LogP contribution is 2.31. The van der Waals surface area contributed by atoms with Gasteiger partial charge in [0.05, 0.1) is 18.2 Å². The van der Waals surface area contributed by atoms with E-state index in [1.165, 1.54) is 4.57 Å². The lowest BCUT2D eigenvalue weighted by molar-refractivity contribution is -0.140. The molecule has 3 N–H and O–H groups in total. The van der Waals surface area contributed by atoms with Crippen molar-refractivity contribution in [2.75, 3.05) is 31.6 Å². The summed E-state index contributed by atoms with van der Waals surface area (Å²) in [5.74, 6) is 0. The van der Waals surface area contributed by atoms with Gasteiger partial charge in [0.2, 0.25) is 0 Å². The number of aliphatic hydroxyl groups is 2. The molecule has 1 aliphatic heterocycles. The molecule has 0 amide bonds. The quantitative estimate of drug-likeness (QED) is 0.716. The summed E-state index contributed by atoms with van der Waals surface area (Å²) in [6.45, 7) is 2.53. The molecule has 1 aromatic heterocycles. The average molecular weight is 385 g/mol. The van der Waals surface area contributed by atoms with Crippen LogP contribution in [0.3, 0.4) is 0 Å². The molecule has 1 unspecified atom stereocenters. The molecule has 1 fully saturated rings. The minimum Gasteiger partial charge on any atom is -0.394 e. The topological polar surface area (TPSA) is 60.7 Å². The van der Waals surface area contributed by atoms with Crippen LogP contribution in [-0.4, -0.2) is 64.2 Å². The minimum absolute atomic E-state index is 0.226. The molecule has 0 saturated carbocycles. The van der Waals surface area contributed by atoms with Crippen LogP contribution < -0.4 is 5.32 Å². The first-order valence-corrected chi connectivity index (χ1v) is 9.20. The highest BCUT2D eigenvalue weighted by atomic mass is 19.4.